The molecule has 1 rings (SSSR count). The van der Waals surface area contributed by atoms with E-state index in [0.717, 1.165) is 19.3 Å². The maximum atomic E-state index is 12.4. The predicted octanol–water partition coefficient (Wildman–Crippen LogP) is 2.19. The molecule has 0 aromatic heterocycles. The zero-order valence-electron chi connectivity index (χ0n) is 11.8. The zero-order chi connectivity index (χ0) is 14.4. The second-order valence-electron chi connectivity index (χ2n) is 5.45. The van der Waals surface area contributed by atoms with Crippen LogP contribution in [0.25, 0.3) is 0 Å². The smallest absolute Gasteiger partial charge is 0.323 e. The fourth-order valence-corrected chi connectivity index (χ4v) is 1.93. The largest absolute Gasteiger partial charge is 0.480 e. The molecule has 1 N–H and O–H groups in total. The van der Waals surface area contributed by atoms with Gasteiger partial charge in [0.15, 0.2) is 0 Å². The van der Waals surface area contributed by atoms with E-state index >= 15 is 0 Å². The van der Waals surface area contributed by atoms with Crippen LogP contribution in [-0.4, -0.2) is 52.6 Å². The molecule has 1 aliphatic rings. The average Bonchev–Trinajstić information content (AvgIpc) is 3.12. The summed E-state index contributed by atoms with van der Waals surface area (Å²) < 4.78 is 0. The summed E-state index contributed by atoms with van der Waals surface area (Å²) >= 11 is 0. The molecule has 1 fully saturated rings. The normalized spacial score (nSPS) is 14.3. The lowest BCUT2D eigenvalue weighted by atomic mass is 10.1. The van der Waals surface area contributed by atoms with E-state index in [0.29, 0.717) is 18.5 Å². The third kappa shape index (κ3) is 5.32. The zero-order valence-corrected chi connectivity index (χ0v) is 11.8. The molecule has 0 spiro atoms. The fourth-order valence-electron chi connectivity index (χ4n) is 1.93. The molecule has 0 saturated heterocycles. The Balaban J connectivity index is 2.65. The van der Waals surface area contributed by atoms with Crippen molar-refractivity contribution in [3.63, 3.8) is 0 Å². The SMILES string of the molecule is C=CCN(CC(=O)O)C(=O)N(CCC(C)C)C1CC1. The van der Waals surface area contributed by atoms with E-state index in [-0.39, 0.29) is 19.1 Å². The Labute approximate surface area is 114 Å². The molecule has 2 amide bonds. The third-order valence-electron chi connectivity index (χ3n) is 3.13. The summed E-state index contributed by atoms with van der Waals surface area (Å²) in [5.41, 5.74) is 0. The molecule has 0 aromatic rings. The predicted molar refractivity (Wildman–Crippen MR) is 74.0 cm³/mol. The lowest BCUT2D eigenvalue weighted by Crippen LogP contribution is -2.47. The molecule has 0 bridgehead atoms. The Kier molecular flexibility index (Phi) is 5.86. The number of hydrogen-bond donors (Lipinski definition) is 1. The summed E-state index contributed by atoms with van der Waals surface area (Å²) in [5, 5.41) is 8.87. The van der Waals surface area contributed by atoms with Crippen molar-refractivity contribution in [3.8, 4) is 0 Å². The summed E-state index contributed by atoms with van der Waals surface area (Å²) in [6, 6.07) is 0.123. The number of carboxylic acids is 1. The Morgan fingerprint density at radius 3 is 2.47 bits per heavy atom. The highest BCUT2D eigenvalue weighted by molar-refractivity contribution is 5.80. The van der Waals surface area contributed by atoms with Crippen molar-refractivity contribution < 1.29 is 14.7 Å². The van der Waals surface area contributed by atoms with Gasteiger partial charge in [-0.1, -0.05) is 19.9 Å². The summed E-state index contributed by atoms with van der Waals surface area (Å²) in [7, 11) is 0. The first kappa shape index (κ1) is 15.5. The molecule has 0 aromatic carbocycles. The molecule has 1 saturated carbocycles. The molecule has 5 heteroatoms. The van der Waals surface area contributed by atoms with E-state index in [9.17, 15) is 9.59 Å². The lowest BCUT2D eigenvalue weighted by Gasteiger charge is -2.29. The van der Waals surface area contributed by atoms with Gasteiger partial charge < -0.3 is 14.9 Å². The van der Waals surface area contributed by atoms with Gasteiger partial charge in [-0.15, -0.1) is 6.58 Å². The molecule has 108 valence electrons. The van der Waals surface area contributed by atoms with Crippen LogP contribution in [0.15, 0.2) is 12.7 Å². The minimum Gasteiger partial charge on any atom is -0.480 e. The van der Waals surface area contributed by atoms with E-state index in [1.165, 1.54) is 4.90 Å². The highest BCUT2D eigenvalue weighted by atomic mass is 16.4. The van der Waals surface area contributed by atoms with E-state index in [4.69, 9.17) is 5.11 Å². The van der Waals surface area contributed by atoms with E-state index in [2.05, 4.69) is 20.4 Å². The minimum atomic E-state index is -0.991. The first-order chi connectivity index (χ1) is 8.95. The molecular formula is C14H24N2O3. The second kappa shape index (κ2) is 7.16. The Bertz CT molecular complexity index is 338. The Morgan fingerprint density at radius 1 is 1.42 bits per heavy atom. The van der Waals surface area contributed by atoms with Gasteiger partial charge in [-0.05, 0) is 25.2 Å². The molecule has 0 unspecified atom stereocenters. The molecule has 0 aliphatic heterocycles. The van der Waals surface area contributed by atoms with E-state index in [1.807, 2.05) is 4.90 Å². The quantitative estimate of drug-likeness (QED) is 0.686. The summed E-state index contributed by atoms with van der Waals surface area (Å²) in [5.74, 6) is -0.462. The number of nitrogens with zero attached hydrogens (tertiary/aromatic N) is 2. The van der Waals surface area contributed by atoms with Crippen molar-refractivity contribution in [2.24, 2.45) is 5.92 Å². The Morgan fingerprint density at radius 2 is 2.05 bits per heavy atom. The maximum Gasteiger partial charge on any atom is 0.323 e. The average molecular weight is 268 g/mol. The van der Waals surface area contributed by atoms with Crippen molar-refractivity contribution in [2.75, 3.05) is 19.6 Å². The molecule has 1 aliphatic carbocycles. The van der Waals surface area contributed by atoms with Gasteiger partial charge in [0.25, 0.3) is 0 Å². The first-order valence-electron chi connectivity index (χ1n) is 6.84. The van der Waals surface area contributed by atoms with Crippen molar-refractivity contribution in [1.29, 1.82) is 0 Å². The van der Waals surface area contributed by atoms with Crippen molar-refractivity contribution in [3.05, 3.63) is 12.7 Å². The molecule has 0 radical (unpaired) electrons. The summed E-state index contributed by atoms with van der Waals surface area (Å²) in [6.07, 6.45) is 4.56. The highest BCUT2D eigenvalue weighted by Crippen LogP contribution is 2.28. The van der Waals surface area contributed by atoms with Crippen LogP contribution < -0.4 is 0 Å². The van der Waals surface area contributed by atoms with Gasteiger partial charge in [-0.2, -0.15) is 0 Å². The number of aliphatic carboxylic acids is 1. The lowest BCUT2D eigenvalue weighted by molar-refractivity contribution is -0.137. The number of carbonyl (C=O) groups excluding carboxylic acids is 1. The number of hydrogen-bond acceptors (Lipinski definition) is 2. The number of carbonyl (C=O) groups is 2. The van der Waals surface area contributed by atoms with E-state index in [1.54, 1.807) is 6.08 Å². The van der Waals surface area contributed by atoms with Crippen molar-refractivity contribution >= 4 is 12.0 Å². The topological polar surface area (TPSA) is 60.9 Å². The van der Waals surface area contributed by atoms with Crippen LogP contribution in [0.4, 0.5) is 4.79 Å². The number of carboxylic acid groups (broad SMARTS) is 1. The van der Waals surface area contributed by atoms with Crippen LogP contribution >= 0.6 is 0 Å². The van der Waals surface area contributed by atoms with Crippen molar-refractivity contribution in [2.45, 2.75) is 39.2 Å². The van der Waals surface area contributed by atoms with Gasteiger partial charge in [0.1, 0.15) is 6.54 Å². The van der Waals surface area contributed by atoms with E-state index < -0.39 is 5.97 Å². The molecule has 5 nitrogen and oxygen atoms in total. The van der Waals surface area contributed by atoms with Crippen LogP contribution in [-0.2, 0) is 4.79 Å². The van der Waals surface area contributed by atoms with Crippen LogP contribution in [0.3, 0.4) is 0 Å². The molecular weight excluding hydrogens is 244 g/mol. The van der Waals surface area contributed by atoms with Gasteiger partial charge in [-0.3, -0.25) is 4.79 Å². The van der Waals surface area contributed by atoms with Crippen LogP contribution in [0.2, 0.25) is 0 Å². The minimum absolute atomic E-state index is 0.176. The fraction of sp³-hybridized carbons (Fsp3) is 0.714. The van der Waals surface area contributed by atoms with Gasteiger partial charge in [0.05, 0.1) is 0 Å². The van der Waals surface area contributed by atoms with Crippen LogP contribution in [0.1, 0.15) is 33.1 Å². The Hall–Kier alpha value is -1.52. The number of amides is 2. The standard InChI is InChI=1S/C14H24N2O3/c1-4-8-15(10-13(17)18)14(19)16(12-5-6-12)9-7-11(2)3/h4,11-12H,1,5-10H2,2-3H3,(H,17,18). The third-order valence-corrected chi connectivity index (χ3v) is 3.13. The van der Waals surface area contributed by atoms with Gasteiger partial charge >= 0.3 is 12.0 Å². The van der Waals surface area contributed by atoms with Gasteiger partial charge in [0.2, 0.25) is 0 Å². The van der Waals surface area contributed by atoms with Gasteiger partial charge in [-0.25, -0.2) is 4.79 Å². The van der Waals surface area contributed by atoms with Gasteiger partial charge in [0, 0.05) is 19.1 Å². The second-order valence-corrected chi connectivity index (χ2v) is 5.45. The molecule has 0 heterocycles. The maximum absolute atomic E-state index is 12.4. The summed E-state index contributed by atoms with van der Waals surface area (Å²) in [4.78, 5) is 26.4. The first-order valence-corrected chi connectivity index (χ1v) is 6.84. The summed E-state index contributed by atoms with van der Waals surface area (Å²) in [6.45, 7) is 8.53. The van der Waals surface area contributed by atoms with Crippen molar-refractivity contribution in [1.82, 2.24) is 9.80 Å². The number of rotatable bonds is 8. The highest BCUT2D eigenvalue weighted by Gasteiger charge is 2.34. The number of urea groups is 1. The molecule has 0 atom stereocenters. The molecule has 19 heavy (non-hydrogen) atoms. The van der Waals surface area contributed by atoms with Crippen LogP contribution in [0.5, 0.6) is 0 Å². The van der Waals surface area contributed by atoms with Crippen LogP contribution in [0, 0.1) is 5.92 Å². The monoisotopic (exact) mass is 268 g/mol.